The lowest BCUT2D eigenvalue weighted by Gasteiger charge is -2.37. The smallest absolute Gasteiger partial charge is 0.207 e. The molecule has 7 nitrogen and oxygen atoms in total. The molecule has 0 N–H and O–H groups in total. The number of fused-ring (bicyclic) bond motifs is 1. The van der Waals surface area contributed by atoms with Crippen LogP contribution in [0.25, 0.3) is 22.3 Å². The fourth-order valence-electron chi connectivity index (χ4n) is 5.90. The monoisotopic (exact) mass is 526 g/mol. The van der Waals surface area contributed by atoms with Crippen molar-refractivity contribution >= 4 is 28.6 Å². The Kier molecular flexibility index (Phi) is 7.01. The highest BCUT2D eigenvalue weighted by Gasteiger charge is 2.31. The molecule has 1 unspecified atom stereocenters. The van der Waals surface area contributed by atoms with Crippen LogP contribution in [0.2, 0.25) is 5.02 Å². The minimum absolute atomic E-state index is 0.0478. The van der Waals surface area contributed by atoms with E-state index in [0.29, 0.717) is 35.5 Å². The second kappa shape index (κ2) is 10.7. The summed E-state index contributed by atoms with van der Waals surface area (Å²) in [7, 11) is 0. The molecule has 0 radical (unpaired) electrons. The van der Waals surface area contributed by atoms with Crippen molar-refractivity contribution in [1.29, 1.82) is 5.26 Å². The lowest BCUT2D eigenvalue weighted by Crippen LogP contribution is -2.41. The third-order valence-corrected chi connectivity index (χ3v) is 8.15. The predicted octanol–water partition coefficient (Wildman–Crippen LogP) is 6.42. The molecular formula is C30H31ClN6O. The molecule has 3 aromatic heterocycles. The summed E-state index contributed by atoms with van der Waals surface area (Å²) < 4.78 is 8.30. The molecule has 1 saturated carbocycles. The Morgan fingerprint density at radius 2 is 1.89 bits per heavy atom. The van der Waals surface area contributed by atoms with Crippen LogP contribution in [0.15, 0.2) is 54.9 Å². The van der Waals surface area contributed by atoms with Crippen molar-refractivity contribution in [3.05, 3.63) is 71.1 Å². The summed E-state index contributed by atoms with van der Waals surface area (Å²) in [5.74, 6) is 2.24. The van der Waals surface area contributed by atoms with Gasteiger partial charge in [0.1, 0.15) is 11.8 Å². The van der Waals surface area contributed by atoms with Crippen LogP contribution in [-0.4, -0.2) is 39.3 Å². The lowest BCUT2D eigenvalue weighted by atomic mass is 9.83. The molecule has 0 bridgehead atoms. The predicted molar refractivity (Wildman–Crippen MR) is 149 cm³/mol. The van der Waals surface area contributed by atoms with E-state index in [1.807, 2.05) is 12.1 Å². The van der Waals surface area contributed by atoms with E-state index < -0.39 is 0 Å². The average molecular weight is 527 g/mol. The standard InChI is InChI=1S/C30H31ClN6O/c1-20-7-9-21(10-8-20)18-37-29-26(14-25(15-32)34-28(29)23-13-24(31)17-33-16-23)35-30(37)36-11-12-38-19-27(36)22-5-3-2-4-6-22/h2-6,13-14,16-17,20-21,27H,7-12,18-19H2,1H3. The van der Waals surface area contributed by atoms with E-state index in [2.05, 4.69) is 51.7 Å². The number of rotatable bonds is 5. The minimum Gasteiger partial charge on any atom is -0.377 e. The van der Waals surface area contributed by atoms with Crippen molar-refractivity contribution < 1.29 is 4.74 Å². The third kappa shape index (κ3) is 4.87. The van der Waals surface area contributed by atoms with Gasteiger partial charge in [-0.3, -0.25) is 4.98 Å². The van der Waals surface area contributed by atoms with Gasteiger partial charge in [-0.1, -0.05) is 61.7 Å². The summed E-state index contributed by atoms with van der Waals surface area (Å²) in [6, 6.07) is 16.4. The summed E-state index contributed by atoms with van der Waals surface area (Å²) in [5.41, 5.74) is 4.71. The zero-order valence-electron chi connectivity index (χ0n) is 21.6. The largest absolute Gasteiger partial charge is 0.377 e. The van der Waals surface area contributed by atoms with Crippen molar-refractivity contribution in [1.82, 2.24) is 19.5 Å². The minimum atomic E-state index is 0.0478. The number of hydrogen-bond acceptors (Lipinski definition) is 6. The molecule has 8 heteroatoms. The third-order valence-electron chi connectivity index (χ3n) is 7.94. The summed E-state index contributed by atoms with van der Waals surface area (Å²) in [4.78, 5) is 16.7. The molecule has 2 aliphatic rings. The molecule has 1 aliphatic heterocycles. The Bertz CT molecular complexity index is 1470. The molecule has 6 rings (SSSR count). The van der Waals surface area contributed by atoms with Gasteiger partial charge in [-0.05, 0) is 36.3 Å². The number of nitriles is 1. The highest BCUT2D eigenvalue weighted by Crippen LogP contribution is 2.38. The van der Waals surface area contributed by atoms with Crippen LogP contribution in [0.3, 0.4) is 0 Å². The van der Waals surface area contributed by atoms with E-state index in [-0.39, 0.29) is 6.04 Å². The van der Waals surface area contributed by atoms with Crippen molar-refractivity contribution in [2.75, 3.05) is 24.7 Å². The van der Waals surface area contributed by atoms with Crippen molar-refractivity contribution in [3.63, 3.8) is 0 Å². The molecule has 4 heterocycles. The van der Waals surface area contributed by atoms with E-state index in [0.717, 1.165) is 41.6 Å². The van der Waals surface area contributed by atoms with Gasteiger partial charge in [0.25, 0.3) is 0 Å². The van der Waals surface area contributed by atoms with Crippen LogP contribution in [0.5, 0.6) is 0 Å². The van der Waals surface area contributed by atoms with Gasteiger partial charge in [-0.2, -0.15) is 5.26 Å². The highest BCUT2D eigenvalue weighted by atomic mass is 35.5. The zero-order chi connectivity index (χ0) is 26.1. The second-order valence-electron chi connectivity index (χ2n) is 10.6. The van der Waals surface area contributed by atoms with Gasteiger partial charge >= 0.3 is 0 Å². The molecule has 1 atom stereocenters. The van der Waals surface area contributed by atoms with E-state index in [9.17, 15) is 5.26 Å². The molecule has 2 fully saturated rings. The maximum absolute atomic E-state index is 9.81. The Labute approximate surface area is 228 Å². The van der Waals surface area contributed by atoms with Crippen LogP contribution in [0.4, 0.5) is 5.95 Å². The van der Waals surface area contributed by atoms with Crippen molar-refractivity contribution in [3.8, 4) is 17.3 Å². The Hall–Kier alpha value is -3.47. The molecule has 38 heavy (non-hydrogen) atoms. The number of benzene rings is 1. The second-order valence-corrected chi connectivity index (χ2v) is 11.0. The Morgan fingerprint density at radius 3 is 2.66 bits per heavy atom. The first-order valence-electron chi connectivity index (χ1n) is 13.4. The summed E-state index contributed by atoms with van der Waals surface area (Å²) in [5, 5.41) is 10.3. The molecule has 0 spiro atoms. The first-order chi connectivity index (χ1) is 18.6. The average Bonchev–Trinajstić information content (AvgIpc) is 3.32. The molecule has 1 saturated heterocycles. The van der Waals surface area contributed by atoms with Crippen LogP contribution in [0, 0.1) is 23.2 Å². The van der Waals surface area contributed by atoms with Gasteiger partial charge in [0.05, 0.1) is 41.0 Å². The highest BCUT2D eigenvalue weighted by molar-refractivity contribution is 6.30. The summed E-state index contributed by atoms with van der Waals surface area (Å²) in [6.45, 7) is 5.17. The van der Waals surface area contributed by atoms with E-state index >= 15 is 0 Å². The number of anilines is 1. The van der Waals surface area contributed by atoms with Crippen molar-refractivity contribution in [2.24, 2.45) is 11.8 Å². The van der Waals surface area contributed by atoms with Crippen LogP contribution in [-0.2, 0) is 11.3 Å². The van der Waals surface area contributed by atoms with Gasteiger partial charge in [-0.25, -0.2) is 9.97 Å². The van der Waals surface area contributed by atoms with Crippen LogP contribution >= 0.6 is 11.6 Å². The van der Waals surface area contributed by atoms with E-state index in [1.54, 1.807) is 18.5 Å². The topological polar surface area (TPSA) is 79.9 Å². The Balaban J connectivity index is 1.55. The number of nitrogens with zero attached hydrogens (tertiary/aromatic N) is 6. The number of imidazole rings is 1. The normalized spacial score (nSPS) is 21.9. The van der Waals surface area contributed by atoms with Gasteiger partial charge < -0.3 is 14.2 Å². The summed E-state index contributed by atoms with van der Waals surface area (Å²) in [6.07, 6.45) is 8.26. The van der Waals surface area contributed by atoms with Gasteiger partial charge in [0.15, 0.2) is 0 Å². The molecule has 194 valence electrons. The first kappa shape index (κ1) is 24.8. The van der Waals surface area contributed by atoms with E-state index in [1.165, 1.54) is 31.2 Å². The lowest BCUT2D eigenvalue weighted by molar-refractivity contribution is 0.0927. The SMILES string of the molecule is CC1CCC(Cn2c(N3CCOCC3c3ccccc3)nc3cc(C#N)nc(-c4cncc(Cl)c4)c32)CC1. The van der Waals surface area contributed by atoms with Crippen LogP contribution < -0.4 is 4.90 Å². The van der Waals surface area contributed by atoms with Crippen molar-refractivity contribution in [2.45, 2.75) is 45.2 Å². The molecule has 4 aromatic rings. The Morgan fingerprint density at radius 1 is 1.08 bits per heavy atom. The number of ether oxygens (including phenoxy) is 1. The quantitative estimate of drug-likeness (QED) is 0.298. The molecule has 1 aromatic carbocycles. The molecular weight excluding hydrogens is 496 g/mol. The maximum atomic E-state index is 9.81. The maximum Gasteiger partial charge on any atom is 0.207 e. The fraction of sp³-hybridized carbons (Fsp3) is 0.400. The zero-order valence-corrected chi connectivity index (χ0v) is 22.3. The molecule has 1 aliphatic carbocycles. The van der Waals surface area contributed by atoms with E-state index in [4.69, 9.17) is 26.3 Å². The number of morpholine rings is 1. The number of halogens is 1. The molecule has 0 amide bonds. The first-order valence-corrected chi connectivity index (χ1v) is 13.8. The van der Waals surface area contributed by atoms with Crippen LogP contribution in [0.1, 0.15) is 49.9 Å². The fourth-order valence-corrected chi connectivity index (χ4v) is 6.07. The van der Waals surface area contributed by atoms with Gasteiger partial charge in [0, 0.05) is 37.1 Å². The van der Waals surface area contributed by atoms with Gasteiger partial charge in [-0.15, -0.1) is 0 Å². The van der Waals surface area contributed by atoms with Gasteiger partial charge in [0.2, 0.25) is 5.95 Å². The summed E-state index contributed by atoms with van der Waals surface area (Å²) >= 11 is 6.34. The number of aromatic nitrogens is 4. The number of hydrogen-bond donors (Lipinski definition) is 0. The number of pyridine rings is 2.